The lowest BCUT2D eigenvalue weighted by Gasteiger charge is -2.11. The second-order valence-corrected chi connectivity index (χ2v) is 9.04. The molecule has 0 aliphatic carbocycles. The Labute approximate surface area is 233 Å². The Morgan fingerprint density at radius 3 is 2.48 bits per heavy atom. The minimum Gasteiger partial charge on any atom is -0.490 e. The Balaban J connectivity index is 1.37. The number of H-pyrrole nitrogens is 1. The topological polar surface area (TPSA) is 128 Å². The molecule has 3 aromatic carbocycles. The third kappa shape index (κ3) is 5.22. The van der Waals surface area contributed by atoms with E-state index in [-0.39, 0.29) is 40.2 Å². The molecule has 5 rings (SSSR count). The van der Waals surface area contributed by atoms with Gasteiger partial charge in [0.25, 0.3) is 17.3 Å². The minimum atomic E-state index is -0.460. The number of hydrogen-bond acceptors (Lipinski definition) is 8. The molecule has 0 atom stereocenters. The van der Waals surface area contributed by atoms with Gasteiger partial charge < -0.3 is 19.8 Å². The molecule has 2 N–H and O–H groups in total. The summed E-state index contributed by atoms with van der Waals surface area (Å²) in [6, 6.07) is 20.7. The first kappa shape index (κ1) is 26.4. The van der Waals surface area contributed by atoms with Gasteiger partial charge >= 0.3 is 0 Å². The van der Waals surface area contributed by atoms with Crippen molar-refractivity contribution in [3.63, 3.8) is 0 Å². The van der Waals surface area contributed by atoms with Crippen molar-refractivity contribution in [2.24, 2.45) is 0 Å². The van der Waals surface area contributed by atoms with E-state index in [2.05, 4.69) is 20.3 Å². The highest BCUT2D eigenvalue weighted by Gasteiger charge is 2.16. The molecule has 0 radical (unpaired) electrons. The molecule has 0 fully saturated rings. The Kier molecular flexibility index (Phi) is 7.47. The van der Waals surface area contributed by atoms with Gasteiger partial charge in [-0.2, -0.15) is 4.98 Å². The molecule has 1 amide bonds. The number of aromatic nitrogens is 4. The predicted molar refractivity (Wildman–Crippen MR) is 151 cm³/mol. The molecule has 0 saturated carbocycles. The number of ketones is 1. The molecular formula is C29H23N5O5S. The van der Waals surface area contributed by atoms with Gasteiger partial charge in [0.1, 0.15) is 0 Å². The summed E-state index contributed by atoms with van der Waals surface area (Å²) in [6.45, 7) is 0.209. The van der Waals surface area contributed by atoms with Crippen LogP contribution in [-0.4, -0.2) is 45.4 Å². The van der Waals surface area contributed by atoms with Crippen LogP contribution in [0.5, 0.6) is 11.6 Å². The summed E-state index contributed by atoms with van der Waals surface area (Å²) in [5.74, 6) is 0.0211. The van der Waals surface area contributed by atoms with Crippen LogP contribution in [0.25, 0.3) is 16.9 Å². The Hall–Kier alpha value is -5.16. The van der Waals surface area contributed by atoms with Crippen molar-refractivity contribution in [3.05, 3.63) is 116 Å². The maximum absolute atomic E-state index is 13.3. The monoisotopic (exact) mass is 553 g/mol. The summed E-state index contributed by atoms with van der Waals surface area (Å²) < 4.78 is 11.5. The smallest absolute Gasteiger partial charge is 0.269 e. The summed E-state index contributed by atoms with van der Waals surface area (Å²) in [4.78, 5) is 50.4. The summed E-state index contributed by atoms with van der Waals surface area (Å²) in [5, 5.41) is 3.14. The third-order valence-electron chi connectivity index (χ3n) is 6.16. The Bertz CT molecular complexity index is 1870. The van der Waals surface area contributed by atoms with E-state index in [1.54, 1.807) is 42.5 Å². The standard InChI is InChI=1S/C29H23N5O5S/c1-38-23-16-31-28(33-26(23)39-2)34-27(37)21-12-11-20(14-22(21)32-29(34)40)25(36)30-15-17-7-6-10-19(13-17)24(35)18-8-4-3-5-9-18/h3-14,16H,15H2,1-2H3,(H,30,36)(H,32,40). The zero-order valence-corrected chi connectivity index (χ0v) is 22.3. The van der Waals surface area contributed by atoms with Crippen LogP contribution in [0.4, 0.5) is 0 Å². The zero-order chi connectivity index (χ0) is 28.2. The number of carbonyl (C=O) groups is 2. The normalized spacial score (nSPS) is 10.8. The average Bonchev–Trinajstić information content (AvgIpc) is 2.99. The Morgan fingerprint density at radius 1 is 0.950 bits per heavy atom. The molecule has 0 unspecified atom stereocenters. The Morgan fingerprint density at radius 2 is 1.73 bits per heavy atom. The van der Waals surface area contributed by atoms with Crippen LogP contribution < -0.4 is 20.3 Å². The van der Waals surface area contributed by atoms with Crippen molar-refractivity contribution in [1.29, 1.82) is 0 Å². The van der Waals surface area contributed by atoms with Crippen LogP contribution in [0, 0.1) is 4.77 Å². The molecule has 0 saturated heterocycles. The van der Waals surface area contributed by atoms with E-state index in [0.717, 1.165) is 10.1 Å². The number of benzene rings is 3. The molecule has 0 bridgehead atoms. The fourth-order valence-electron chi connectivity index (χ4n) is 4.14. The van der Waals surface area contributed by atoms with Crippen LogP contribution in [0.15, 0.2) is 83.8 Å². The van der Waals surface area contributed by atoms with E-state index in [1.165, 1.54) is 26.5 Å². The maximum Gasteiger partial charge on any atom is 0.269 e. The number of carbonyl (C=O) groups excluding carboxylic acids is 2. The van der Waals surface area contributed by atoms with Gasteiger partial charge in [-0.15, -0.1) is 0 Å². The summed E-state index contributed by atoms with van der Waals surface area (Å²) in [7, 11) is 2.87. The van der Waals surface area contributed by atoms with Gasteiger partial charge in [-0.3, -0.25) is 14.4 Å². The maximum atomic E-state index is 13.3. The van der Waals surface area contributed by atoms with Crippen molar-refractivity contribution in [1.82, 2.24) is 24.8 Å². The van der Waals surface area contributed by atoms with Gasteiger partial charge in [0.15, 0.2) is 16.3 Å². The lowest BCUT2D eigenvalue weighted by atomic mass is 10.0. The first-order valence-corrected chi connectivity index (χ1v) is 12.5. The highest BCUT2D eigenvalue weighted by Crippen LogP contribution is 2.23. The SMILES string of the molecule is COc1cnc(-n2c(=S)[nH]c3cc(C(=O)NCc4cccc(C(=O)c5ccccc5)c4)ccc3c2=O)nc1OC. The molecule has 2 aromatic heterocycles. The number of nitrogens with one attached hydrogen (secondary N) is 2. The van der Waals surface area contributed by atoms with Crippen LogP contribution in [0.1, 0.15) is 31.8 Å². The second kappa shape index (κ2) is 11.3. The van der Waals surface area contributed by atoms with E-state index in [9.17, 15) is 14.4 Å². The van der Waals surface area contributed by atoms with E-state index < -0.39 is 5.56 Å². The lowest BCUT2D eigenvalue weighted by Crippen LogP contribution is -2.24. The molecule has 2 heterocycles. The lowest BCUT2D eigenvalue weighted by molar-refractivity contribution is 0.0950. The number of methoxy groups -OCH3 is 2. The molecule has 11 heteroatoms. The van der Waals surface area contributed by atoms with Crippen molar-refractivity contribution in [3.8, 4) is 17.6 Å². The van der Waals surface area contributed by atoms with Crippen molar-refractivity contribution in [2.45, 2.75) is 6.54 Å². The number of amides is 1. The number of aromatic amines is 1. The van der Waals surface area contributed by atoms with Gasteiger partial charge in [-0.05, 0) is 42.0 Å². The summed E-state index contributed by atoms with van der Waals surface area (Å²) >= 11 is 5.41. The van der Waals surface area contributed by atoms with Gasteiger partial charge in [0, 0.05) is 23.2 Å². The molecule has 40 heavy (non-hydrogen) atoms. The summed E-state index contributed by atoms with van der Waals surface area (Å²) in [6.07, 6.45) is 1.38. The largest absolute Gasteiger partial charge is 0.490 e. The fourth-order valence-corrected chi connectivity index (χ4v) is 4.42. The number of rotatable bonds is 8. The number of nitrogens with zero attached hydrogens (tertiary/aromatic N) is 3. The van der Waals surface area contributed by atoms with Gasteiger partial charge in [0.05, 0.1) is 31.3 Å². The molecule has 0 spiro atoms. The number of hydrogen-bond donors (Lipinski definition) is 2. The second-order valence-electron chi connectivity index (χ2n) is 8.66. The van der Waals surface area contributed by atoms with E-state index in [4.69, 9.17) is 21.7 Å². The average molecular weight is 554 g/mol. The van der Waals surface area contributed by atoms with Gasteiger partial charge in [-0.1, -0.05) is 48.5 Å². The van der Waals surface area contributed by atoms with Gasteiger partial charge in [0.2, 0.25) is 5.95 Å². The highest BCUT2D eigenvalue weighted by atomic mass is 32.1. The molecule has 0 aliphatic rings. The number of ether oxygens (including phenoxy) is 2. The molecule has 5 aromatic rings. The minimum absolute atomic E-state index is 0.0144. The predicted octanol–water partition coefficient (Wildman–Crippen LogP) is 4.02. The molecule has 10 nitrogen and oxygen atoms in total. The van der Waals surface area contributed by atoms with E-state index in [0.29, 0.717) is 28.0 Å². The van der Waals surface area contributed by atoms with Crippen LogP contribution in [-0.2, 0) is 6.54 Å². The number of fused-ring (bicyclic) bond motifs is 1. The molecule has 0 aliphatic heterocycles. The highest BCUT2D eigenvalue weighted by molar-refractivity contribution is 7.71. The fraction of sp³-hybridized carbons (Fsp3) is 0.103. The quantitative estimate of drug-likeness (QED) is 0.218. The van der Waals surface area contributed by atoms with Crippen molar-refractivity contribution < 1.29 is 19.1 Å². The first-order valence-electron chi connectivity index (χ1n) is 12.1. The molecular weight excluding hydrogens is 530 g/mol. The third-order valence-corrected chi connectivity index (χ3v) is 6.45. The van der Waals surface area contributed by atoms with Crippen molar-refractivity contribution in [2.75, 3.05) is 14.2 Å². The first-order chi connectivity index (χ1) is 19.4. The van der Waals surface area contributed by atoms with Crippen molar-refractivity contribution >= 4 is 34.8 Å². The van der Waals surface area contributed by atoms with Gasteiger partial charge in [-0.25, -0.2) is 9.55 Å². The van der Waals surface area contributed by atoms with Crippen LogP contribution in [0.3, 0.4) is 0 Å². The van der Waals surface area contributed by atoms with E-state index in [1.807, 2.05) is 24.3 Å². The van der Waals surface area contributed by atoms with Crippen LogP contribution in [0.2, 0.25) is 0 Å². The molecule has 200 valence electrons. The zero-order valence-electron chi connectivity index (χ0n) is 21.5. The van der Waals surface area contributed by atoms with Crippen LogP contribution >= 0.6 is 12.2 Å². The van der Waals surface area contributed by atoms with E-state index >= 15 is 0 Å². The summed E-state index contributed by atoms with van der Waals surface area (Å²) in [5.41, 5.74) is 2.15.